The van der Waals surface area contributed by atoms with E-state index in [1.165, 1.54) is 23.5 Å². The standard InChI is InChI=1S/C20H28N4O6S/c1-3-30-20(26)16-22(12-13-29-2)15-19(25)23-8-10-24(11-9-23)31(27,28)18-7-5-4-6-17(18)14-21/h4-7H,3,8-13,15-16H2,1-2H3. The van der Waals surface area contributed by atoms with Crippen molar-refractivity contribution in [2.75, 3.05) is 66.1 Å². The quantitative estimate of drug-likeness (QED) is 0.452. The molecule has 0 spiro atoms. The van der Waals surface area contributed by atoms with E-state index in [0.717, 1.165) is 0 Å². The van der Waals surface area contributed by atoms with Gasteiger partial charge in [0.15, 0.2) is 0 Å². The summed E-state index contributed by atoms with van der Waals surface area (Å²) >= 11 is 0. The highest BCUT2D eigenvalue weighted by Gasteiger charge is 2.32. The molecule has 1 fully saturated rings. The second kappa shape index (κ2) is 11.8. The zero-order valence-corrected chi connectivity index (χ0v) is 18.6. The van der Waals surface area contributed by atoms with Crippen LogP contribution in [0.4, 0.5) is 0 Å². The number of benzene rings is 1. The van der Waals surface area contributed by atoms with Crippen LogP contribution in [0.3, 0.4) is 0 Å². The lowest BCUT2D eigenvalue weighted by Crippen LogP contribution is -2.53. The first-order valence-corrected chi connectivity index (χ1v) is 11.4. The van der Waals surface area contributed by atoms with E-state index in [-0.39, 0.29) is 62.2 Å². The summed E-state index contributed by atoms with van der Waals surface area (Å²) < 4.78 is 37.1. The number of piperazine rings is 1. The van der Waals surface area contributed by atoms with Gasteiger partial charge in [-0.05, 0) is 19.1 Å². The van der Waals surface area contributed by atoms with E-state index in [1.54, 1.807) is 28.9 Å². The Morgan fingerprint density at radius 3 is 2.45 bits per heavy atom. The van der Waals surface area contributed by atoms with Crippen LogP contribution >= 0.6 is 0 Å². The Kier molecular flexibility index (Phi) is 9.39. The predicted molar refractivity (Wildman–Crippen MR) is 111 cm³/mol. The third-order valence-corrected chi connectivity index (χ3v) is 6.80. The van der Waals surface area contributed by atoms with Crippen LogP contribution in [-0.2, 0) is 29.1 Å². The number of nitriles is 1. The molecule has 1 aromatic carbocycles. The highest BCUT2D eigenvalue weighted by atomic mass is 32.2. The molecule has 0 aromatic heterocycles. The van der Waals surface area contributed by atoms with E-state index in [9.17, 15) is 23.3 Å². The van der Waals surface area contributed by atoms with E-state index < -0.39 is 16.0 Å². The van der Waals surface area contributed by atoms with Gasteiger partial charge in [-0.3, -0.25) is 14.5 Å². The Balaban J connectivity index is 1.98. The number of hydrogen-bond acceptors (Lipinski definition) is 8. The summed E-state index contributed by atoms with van der Waals surface area (Å²) in [5.74, 6) is -0.617. The number of carbonyl (C=O) groups excluding carboxylic acids is 2. The summed E-state index contributed by atoms with van der Waals surface area (Å²) in [5, 5.41) is 9.20. The predicted octanol–water partition coefficient (Wildman–Crippen LogP) is -0.0973. The highest BCUT2D eigenvalue weighted by Crippen LogP contribution is 2.21. The fraction of sp³-hybridized carbons (Fsp3) is 0.550. The number of esters is 1. The zero-order valence-electron chi connectivity index (χ0n) is 17.8. The first-order valence-electron chi connectivity index (χ1n) is 9.97. The minimum atomic E-state index is -3.83. The van der Waals surface area contributed by atoms with Gasteiger partial charge in [0.1, 0.15) is 6.07 Å². The van der Waals surface area contributed by atoms with Crippen molar-refractivity contribution in [2.45, 2.75) is 11.8 Å². The summed E-state index contributed by atoms with van der Waals surface area (Å²) in [7, 11) is -2.29. The maximum absolute atomic E-state index is 12.9. The van der Waals surface area contributed by atoms with Crippen LogP contribution < -0.4 is 0 Å². The molecule has 1 saturated heterocycles. The highest BCUT2D eigenvalue weighted by molar-refractivity contribution is 7.89. The summed E-state index contributed by atoms with van der Waals surface area (Å²) in [6.07, 6.45) is 0. The largest absolute Gasteiger partial charge is 0.465 e. The molecule has 0 unspecified atom stereocenters. The molecular weight excluding hydrogens is 424 g/mol. The van der Waals surface area contributed by atoms with Gasteiger partial charge in [0.05, 0.1) is 36.8 Å². The molecule has 1 aromatic rings. The number of ether oxygens (including phenoxy) is 2. The molecule has 11 heteroatoms. The number of sulfonamides is 1. The Labute approximate surface area is 183 Å². The molecule has 1 aliphatic rings. The molecule has 0 radical (unpaired) electrons. The van der Waals surface area contributed by atoms with Gasteiger partial charge in [-0.2, -0.15) is 9.57 Å². The molecule has 31 heavy (non-hydrogen) atoms. The van der Waals surface area contributed by atoms with Crippen molar-refractivity contribution in [3.05, 3.63) is 29.8 Å². The van der Waals surface area contributed by atoms with Gasteiger partial charge in [-0.15, -0.1) is 0 Å². The van der Waals surface area contributed by atoms with Crippen molar-refractivity contribution in [3.8, 4) is 6.07 Å². The molecule has 0 N–H and O–H groups in total. The summed E-state index contributed by atoms with van der Waals surface area (Å²) in [6.45, 7) is 3.41. The maximum atomic E-state index is 12.9. The molecule has 0 saturated carbocycles. The van der Waals surface area contributed by atoms with Crippen molar-refractivity contribution in [3.63, 3.8) is 0 Å². The average molecular weight is 453 g/mol. The summed E-state index contributed by atoms with van der Waals surface area (Å²) in [5.41, 5.74) is 0.0914. The van der Waals surface area contributed by atoms with Crippen molar-refractivity contribution in [2.24, 2.45) is 0 Å². The van der Waals surface area contributed by atoms with Gasteiger partial charge in [-0.25, -0.2) is 8.42 Å². The Morgan fingerprint density at radius 2 is 1.84 bits per heavy atom. The lowest BCUT2D eigenvalue weighted by Gasteiger charge is -2.35. The van der Waals surface area contributed by atoms with Crippen LogP contribution in [0.25, 0.3) is 0 Å². The maximum Gasteiger partial charge on any atom is 0.320 e. The fourth-order valence-corrected chi connectivity index (χ4v) is 4.78. The minimum absolute atomic E-state index is 0.00614. The third-order valence-electron chi connectivity index (χ3n) is 4.85. The second-order valence-corrected chi connectivity index (χ2v) is 8.81. The number of methoxy groups -OCH3 is 1. The molecule has 0 bridgehead atoms. The number of carbonyl (C=O) groups is 2. The van der Waals surface area contributed by atoms with Crippen molar-refractivity contribution < 1.29 is 27.5 Å². The minimum Gasteiger partial charge on any atom is -0.465 e. The van der Waals surface area contributed by atoms with Gasteiger partial charge >= 0.3 is 5.97 Å². The number of hydrogen-bond donors (Lipinski definition) is 0. The Hall–Kier alpha value is -2.52. The van der Waals surface area contributed by atoms with Crippen LogP contribution in [0.5, 0.6) is 0 Å². The smallest absolute Gasteiger partial charge is 0.320 e. The van der Waals surface area contributed by atoms with Crippen LogP contribution in [0.1, 0.15) is 12.5 Å². The third kappa shape index (κ3) is 6.73. The first-order chi connectivity index (χ1) is 14.8. The fourth-order valence-electron chi connectivity index (χ4n) is 3.22. The molecule has 2 rings (SSSR count). The molecule has 10 nitrogen and oxygen atoms in total. The first kappa shape index (κ1) is 24.7. The lowest BCUT2D eigenvalue weighted by molar-refractivity contribution is -0.145. The van der Waals surface area contributed by atoms with Crippen molar-refractivity contribution in [1.82, 2.24) is 14.1 Å². The monoisotopic (exact) mass is 452 g/mol. The van der Waals surface area contributed by atoms with Gasteiger partial charge in [0.25, 0.3) is 0 Å². The Bertz CT molecular complexity index is 906. The molecule has 0 aliphatic carbocycles. The van der Waals surface area contributed by atoms with Crippen LogP contribution in [0, 0.1) is 11.3 Å². The summed E-state index contributed by atoms with van der Waals surface area (Å²) in [6, 6.07) is 7.97. The lowest BCUT2D eigenvalue weighted by atomic mass is 10.2. The van der Waals surface area contributed by atoms with E-state index in [4.69, 9.17) is 9.47 Å². The van der Waals surface area contributed by atoms with Gasteiger partial charge < -0.3 is 14.4 Å². The normalized spacial score (nSPS) is 15.0. The van der Waals surface area contributed by atoms with Gasteiger partial charge in [0, 0.05) is 39.8 Å². The Morgan fingerprint density at radius 1 is 1.16 bits per heavy atom. The van der Waals surface area contributed by atoms with Crippen molar-refractivity contribution >= 4 is 21.9 Å². The van der Waals surface area contributed by atoms with E-state index >= 15 is 0 Å². The average Bonchev–Trinajstić information content (AvgIpc) is 2.77. The molecule has 170 valence electrons. The van der Waals surface area contributed by atoms with E-state index in [0.29, 0.717) is 13.2 Å². The van der Waals surface area contributed by atoms with Crippen LogP contribution in [0.2, 0.25) is 0 Å². The molecule has 1 amide bonds. The molecule has 1 aliphatic heterocycles. The van der Waals surface area contributed by atoms with Crippen LogP contribution in [0.15, 0.2) is 29.2 Å². The van der Waals surface area contributed by atoms with Gasteiger partial charge in [-0.1, -0.05) is 12.1 Å². The number of amides is 1. The SMILES string of the molecule is CCOC(=O)CN(CCOC)CC(=O)N1CCN(S(=O)(=O)c2ccccc2C#N)CC1. The van der Waals surface area contributed by atoms with E-state index in [2.05, 4.69) is 0 Å². The topological polar surface area (TPSA) is 120 Å². The second-order valence-electron chi connectivity index (χ2n) is 6.90. The van der Waals surface area contributed by atoms with Crippen LogP contribution in [-0.4, -0.2) is 101 Å². The van der Waals surface area contributed by atoms with E-state index in [1.807, 2.05) is 6.07 Å². The molecule has 1 heterocycles. The zero-order chi connectivity index (χ0) is 22.9. The number of nitrogens with zero attached hydrogens (tertiary/aromatic N) is 4. The van der Waals surface area contributed by atoms with Crippen molar-refractivity contribution in [1.29, 1.82) is 5.26 Å². The van der Waals surface area contributed by atoms with Gasteiger partial charge in [0.2, 0.25) is 15.9 Å². The number of rotatable bonds is 10. The molecular formula is C20H28N4O6S. The summed E-state index contributed by atoms with van der Waals surface area (Å²) in [4.78, 5) is 27.7. The molecule has 0 atom stereocenters.